The summed E-state index contributed by atoms with van der Waals surface area (Å²) < 4.78 is 0. The summed E-state index contributed by atoms with van der Waals surface area (Å²) >= 11 is 0. The van der Waals surface area contributed by atoms with Crippen LogP contribution in [0.15, 0.2) is 24.3 Å². The maximum Gasteiger partial charge on any atom is 0.317 e. The van der Waals surface area contributed by atoms with Crippen molar-refractivity contribution in [3.63, 3.8) is 0 Å². The van der Waals surface area contributed by atoms with Gasteiger partial charge in [-0.2, -0.15) is 0 Å². The van der Waals surface area contributed by atoms with Crippen molar-refractivity contribution >= 4 is 17.7 Å². The van der Waals surface area contributed by atoms with Crippen LogP contribution in [0, 0.1) is 5.92 Å². The fourth-order valence-corrected chi connectivity index (χ4v) is 3.31. The highest BCUT2D eigenvalue weighted by Crippen LogP contribution is 2.26. The van der Waals surface area contributed by atoms with Gasteiger partial charge in [0, 0.05) is 38.4 Å². The quantitative estimate of drug-likeness (QED) is 0.828. The number of hydrogen-bond acceptors (Lipinski definition) is 3. The number of hydrogen-bond donors (Lipinski definition) is 2. The first-order valence-corrected chi connectivity index (χ1v) is 9.68. The summed E-state index contributed by atoms with van der Waals surface area (Å²) in [7, 11) is 1.64. The number of carbonyl (C=O) groups excluding carboxylic acids is 1. The minimum atomic E-state index is -0.888. The molecule has 0 spiro atoms. The summed E-state index contributed by atoms with van der Waals surface area (Å²) in [6, 6.07) is 8.69. The van der Waals surface area contributed by atoms with Gasteiger partial charge in [0.05, 0.1) is 5.92 Å². The molecule has 27 heavy (non-hydrogen) atoms. The molecule has 0 radical (unpaired) electrons. The van der Waals surface area contributed by atoms with Gasteiger partial charge < -0.3 is 20.2 Å². The van der Waals surface area contributed by atoms with Crippen molar-refractivity contribution in [3.8, 4) is 0 Å². The van der Waals surface area contributed by atoms with Crippen LogP contribution in [0.1, 0.15) is 46.1 Å². The molecule has 1 saturated heterocycles. The van der Waals surface area contributed by atoms with Gasteiger partial charge in [0.15, 0.2) is 0 Å². The minimum absolute atomic E-state index is 0.130. The molecular formula is C21H33N3O3. The van der Waals surface area contributed by atoms with Gasteiger partial charge in [-0.15, -0.1) is 0 Å². The van der Waals surface area contributed by atoms with Crippen LogP contribution in [-0.4, -0.2) is 54.7 Å². The number of nitrogens with zero attached hydrogens (tertiary/aromatic N) is 2. The minimum Gasteiger partial charge on any atom is -0.481 e. The van der Waals surface area contributed by atoms with E-state index >= 15 is 0 Å². The van der Waals surface area contributed by atoms with Crippen LogP contribution in [0.5, 0.6) is 0 Å². The van der Waals surface area contributed by atoms with Crippen LogP contribution in [0.25, 0.3) is 0 Å². The fraction of sp³-hybridized carbons (Fsp3) is 0.619. The number of carboxylic acid groups (broad SMARTS) is 1. The molecule has 1 aliphatic heterocycles. The lowest BCUT2D eigenvalue weighted by molar-refractivity contribution is -0.141. The molecule has 1 aliphatic rings. The normalized spacial score (nSPS) is 16.7. The van der Waals surface area contributed by atoms with E-state index in [9.17, 15) is 9.59 Å². The van der Waals surface area contributed by atoms with Crippen molar-refractivity contribution in [2.75, 3.05) is 31.6 Å². The number of rotatable bonds is 5. The smallest absolute Gasteiger partial charge is 0.317 e. The van der Waals surface area contributed by atoms with E-state index in [2.05, 4.69) is 55.3 Å². The highest BCUT2D eigenvalue weighted by atomic mass is 16.4. The molecule has 2 amide bonds. The van der Waals surface area contributed by atoms with Gasteiger partial charge in [0.1, 0.15) is 0 Å². The number of amides is 2. The standard InChI is InChI=1S/C21H33N3O3/c1-15(19(25)26)14-23(5)20(27)22-17-10-12-24(13-11-17)18-8-6-16(7-9-18)21(2,3)4/h6-9,15,17H,10-14H2,1-5H3,(H,22,27)(H,25,26). The van der Waals surface area contributed by atoms with Gasteiger partial charge in [-0.25, -0.2) is 4.79 Å². The monoisotopic (exact) mass is 375 g/mol. The van der Waals surface area contributed by atoms with Crippen LogP contribution in [-0.2, 0) is 10.2 Å². The first-order valence-electron chi connectivity index (χ1n) is 9.68. The molecule has 1 fully saturated rings. The summed E-state index contributed by atoms with van der Waals surface area (Å²) in [6.07, 6.45) is 1.77. The number of nitrogens with one attached hydrogen (secondary N) is 1. The van der Waals surface area contributed by atoms with Crippen LogP contribution in [0.3, 0.4) is 0 Å². The van der Waals surface area contributed by atoms with Crippen molar-refractivity contribution in [1.29, 1.82) is 0 Å². The van der Waals surface area contributed by atoms with E-state index in [0.29, 0.717) is 0 Å². The Balaban J connectivity index is 1.83. The van der Waals surface area contributed by atoms with Crippen LogP contribution < -0.4 is 10.2 Å². The Labute approximate surface area is 162 Å². The Morgan fingerprint density at radius 3 is 2.26 bits per heavy atom. The lowest BCUT2D eigenvalue weighted by Crippen LogP contribution is -2.49. The third-order valence-corrected chi connectivity index (χ3v) is 5.24. The molecule has 0 aromatic heterocycles. The number of carboxylic acids is 1. The summed E-state index contributed by atoms with van der Waals surface area (Å²) in [4.78, 5) is 27.0. The molecule has 1 aromatic rings. The molecule has 150 valence electrons. The molecule has 2 N–H and O–H groups in total. The van der Waals surface area contributed by atoms with Gasteiger partial charge in [-0.05, 0) is 36.0 Å². The molecule has 2 rings (SSSR count). The zero-order valence-corrected chi connectivity index (χ0v) is 17.2. The third-order valence-electron chi connectivity index (χ3n) is 5.24. The Morgan fingerprint density at radius 1 is 1.22 bits per heavy atom. The van der Waals surface area contributed by atoms with Crippen molar-refractivity contribution in [2.45, 2.75) is 52.0 Å². The number of aliphatic carboxylic acids is 1. The lowest BCUT2D eigenvalue weighted by atomic mass is 9.87. The Bertz CT molecular complexity index is 644. The first kappa shape index (κ1) is 21.1. The number of urea groups is 1. The molecule has 1 atom stereocenters. The maximum absolute atomic E-state index is 12.3. The van der Waals surface area contributed by atoms with E-state index in [-0.39, 0.29) is 24.0 Å². The summed E-state index contributed by atoms with van der Waals surface area (Å²) in [5.41, 5.74) is 2.70. The van der Waals surface area contributed by atoms with E-state index in [1.807, 2.05) is 0 Å². The Morgan fingerprint density at radius 2 is 1.78 bits per heavy atom. The van der Waals surface area contributed by atoms with Crippen LogP contribution in [0.2, 0.25) is 0 Å². The van der Waals surface area contributed by atoms with E-state index in [0.717, 1.165) is 25.9 Å². The largest absolute Gasteiger partial charge is 0.481 e. The SMILES string of the molecule is CC(CN(C)C(=O)NC1CCN(c2ccc(C(C)(C)C)cc2)CC1)C(=O)O. The van der Waals surface area contributed by atoms with Gasteiger partial charge in [0.25, 0.3) is 0 Å². The third kappa shape index (κ3) is 5.88. The second-order valence-electron chi connectivity index (χ2n) is 8.63. The molecule has 0 aliphatic carbocycles. The topological polar surface area (TPSA) is 72.9 Å². The second kappa shape index (κ2) is 8.63. The molecular weight excluding hydrogens is 342 g/mol. The maximum atomic E-state index is 12.3. The molecule has 0 bridgehead atoms. The van der Waals surface area contributed by atoms with Crippen molar-refractivity contribution in [2.24, 2.45) is 5.92 Å². The zero-order chi connectivity index (χ0) is 20.2. The Kier molecular flexibility index (Phi) is 6.73. The van der Waals surface area contributed by atoms with Crippen molar-refractivity contribution < 1.29 is 14.7 Å². The van der Waals surface area contributed by atoms with Gasteiger partial charge >= 0.3 is 12.0 Å². The first-order chi connectivity index (χ1) is 12.6. The fourth-order valence-electron chi connectivity index (χ4n) is 3.31. The Hall–Kier alpha value is -2.24. The van der Waals surface area contributed by atoms with Crippen LogP contribution >= 0.6 is 0 Å². The van der Waals surface area contributed by atoms with E-state index in [1.165, 1.54) is 16.2 Å². The number of benzene rings is 1. The molecule has 1 aromatic carbocycles. The number of anilines is 1. The number of carbonyl (C=O) groups is 2. The van der Waals surface area contributed by atoms with E-state index in [1.54, 1.807) is 14.0 Å². The molecule has 6 heteroatoms. The average Bonchev–Trinajstić information content (AvgIpc) is 2.61. The van der Waals surface area contributed by atoms with Gasteiger partial charge in [-0.3, -0.25) is 4.79 Å². The highest BCUT2D eigenvalue weighted by molar-refractivity contribution is 5.76. The average molecular weight is 376 g/mol. The van der Waals surface area contributed by atoms with Gasteiger partial charge in [-0.1, -0.05) is 39.8 Å². The summed E-state index contributed by atoms with van der Waals surface area (Å²) in [5.74, 6) is -1.46. The molecule has 1 unspecified atom stereocenters. The number of piperidine rings is 1. The molecule has 6 nitrogen and oxygen atoms in total. The molecule has 1 heterocycles. The summed E-state index contributed by atoms with van der Waals surface area (Å²) in [6.45, 7) is 10.2. The van der Waals surface area contributed by atoms with Crippen LogP contribution in [0.4, 0.5) is 10.5 Å². The predicted octanol–water partition coefficient (Wildman–Crippen LogP) is 3.32. The molecule has 0 saturated carbocycles. The summed E-state index contributed by atoms with van der Waals surface area (Å²) in [5, 5.41) is 12.0. The highest BCUT2D eigenvalue weighted by Gasteiger charge is 2.24. The zero-order valence-electron chi connectivity index (χ0n) is 17.2. The van der Waals surface area contributed by atoms with E-state index < -0.39 is 11.9 Å². The lowest BCUT2D eigenvalue weighted by Gasteiger charge is -2.35. The predicted molar refractivity (Wildman–Crippen MR) is 108 cm³/mol. The van der Waals surface area contributed by atoms with Gasteiger partial charge in [0.2, 0.25) is 0 Å². The second-order valence-corrected chi connectivity index (χ2v) is 8.63. The van der Waals surface area contributed by atoms with Crippen molar-refractivity contribution in [1.82, 2.24) is 10.2 Å². The van der Waals surface area contributed by atoms with E-state index in [4.69, 9.17) is 5.11 Å². The van der Waals surface area contributed by atoms with Crippen molar-refractivity contribution in [3.05, 3.63) is 29.8 Å².